The van der Waals surface area contributed by atoms with E-state index >= 15 is 0 Å². The second kappa shape index (κ2) is 10.2. The molecule has 0 fully saturated rings. The number of ether oxygens (including phenoxy) is 1. The summed E-state index contributed by atoms with van der Waals surface area (Å²) in [7, 11) is 1.59. The molecule has 0 saturated carbocycles. The van der Waals surface area contributed by atoms with Crippen LogP contribution in [0.15, 0.2) is 89.5 Å². The molecular weight excluding hydrogens is 479 g/mol. The number of nitrogens with one attached hydrogen (secondary N) is 2. The molecule has 3 heterocycles. The molecule has 2 aromatic carbocycles. The van der Waals surface area contributed by atoms with E-state index < -0.39 is 6.04 Å². The Labute approximate surface area is 211 Å². The van der Waals surface area contributed by atoms with E-state index in [0.717, 1.165) is 5.56 Å². The quantitative estimate of drug-likeness (QED) is 0.342. The average Bonchev–Trinajstić information content (AvgIpc) is 3.30. The Morgan fingerprint density at radius 1 is 1.19 bits per heavy atom. The van der Waals surface area contributed by atoms with E-state index in [9.17, 15) is 9.18 Å². The maximum atomic E-state index is 14.1. The third-order valence-electron chi connectivity index (χ3n) is 5.72. The largest absolute Gasteiger partial charge is 0.497 e. The fraction of sp³-hybridized carbons (Fsp3) is 0.154. The van der Waals surface area contributed by atoms with Crippen LogP contribution in [0.3, 0.4) is 0 Å². The van der Waals surface area contributed by atoms with Gasteiger partial charge >= 0.3 is 0 Å². The summed E-state index contributed by atoms with van der Waals surface area (Å²) in [6.07, 6.45) is 3.23. The summed E-state index contributed by atoms with van der Waals surface area (Å²) in [5.74, 6) is 0.970. The van der Waals surface area contributed by atoms with E-state index in [4.69, 9.17) is 9.84 Å². The zero-order chi connectivity index (χ0) is 25.1. The molecule has 5 rings (SSSR count). The number of amides is 1. The molecule has 1 amide bonds. The molecule has 0 radical (unpaired) electrons. The molecule has 10 heteroatoms. The van der Waals surface area contributed by atoms with Crippen LogP contribution in [0.2, 0.25) is 0 Å². The van der Waals surface area contributed by atoms with Gasteiger partial charge in [0, 0.05) is 17.6 Å². The van der Waals surface area contributed by atoms with Crippen LogP contribution in [0.5, 0.6) is 5.75 Å². The number of anilines is 2. The molecular formula is C26H23FN6O2S. The molecule has 1 aliphatic rings. The van der Waals surface area contributed by atoms with Crippen LogP contribution in [0.1, 0.15) is 24.1 Å². The lowest BCUT2D eigenvalue weighted by molar-refractivity contribution is -0.113. The lowest BCUT2D eigenvalue weighted by atomic mass is 9.95. The van der Waals surface area contributed by atoms with Crippen LogP contribution in [0.4, 0.5) is 16.0 Å². The van der Waals surface area contributed by atoms with Gasteiger partial charge in [0.15, 0.2) is 0 Å². The third-order valence-corrected chi connectivity index (χ3v) is 6.61. The highest BCUT2D eigenvalue weighted by atomic mass is 32.2. The minimum Gasteiger partial charge on any atom is -0.497 e. The van der Waals surface area contributed by atoms with Crippen molar-refractivity contribution < 1.29 is 13.9 Å². The van der Waals surface area contributed by atoms with Crippen molar-refractivity contribution in [1.29, 1.82) is 0 Å². The predicted octanol–water partition coefficient (Wildman–Crippen LogP) is 5.04. The Hall–Kier alpha value is -4.18. The van der Waals surface area contributed by atoms with Crippen molar-refractivity contribution >= 4 is 29.3 Å². The number of nitrogens with zero attached hydrogens (tertiary/aromatic N) is 4. The minimum atomic E-state index is -0.566. The van der Waals surface area contributed by atoms with Gasteiger partial charge in [-0.2, -0.15) is 4.98 Å². The van der Waals surface area contributed by atoms with E-state index in [0.29, 0.717) is 45.1 Å². The zero-order valence-corrected chi connectivity index (χ0v) is 20.4. The van der Waals surface area contributed by atoms with Crippen molar-refractivity contribution in [3.63, 3.8) is 0 Å². The minimum absolute atomic E-state index is 0.270. The first-order valence-electron chi connectivity index (χ1n) is 11.2. The van der Waals surface area contributed by atoms with Crippen molar-refractivity contribution in [2.24, 2.45) is 0 Å². The number of aromatic nitrogens is 4. The molecule has 8 nitrogen and oxygen atoms in total. The van der Waals surface area contributed by atoms with Gasteiger partial charge in [0.25, 0.3) is 5.91 Å². The van der Waals surface area contributed by atoms with Gasteiger partial charge in [-0.1, -0.05) is 42.1 Å². The standard InChI is InChI=1S/C26H23FN6O2S/c1-16-22(24(34)30-19-9-6-12-28-14-19)23(17-8-5-10-20(13-17)35-2)33-25(29-16)31-26(32-33)36-15-18-7-3-4-11-21(18)27/h3-14,23H,15H2,1-2H3,(H,30,34)(H,29,31,32). The van der Waals surface area contributed by atoms with Crippen molar-refractivity contribution in [2.75, 3.05) is 17.7 Å². The number of benzene rings is 2. The lowest BCUT2D eigenvalue weighted by Crippen LogP contribution is -2.31. The number of carbonyl (C=O) groups excluding carboxylic acids is 1. The molecule has 2 N–H and O–H groups in total. The molecule has 4 aromatic rings. The third kappa shape index (κ3) is 4.80. The molecule has 0 spiro atoms. The topological polar surface area (TPSA) is 94.0 Å². The second-order valence-electron chi connectivity index (χ2n) is 8.08. The van der Waals surface area contributed by atoms with Crippen molar-refractivity contribution in [3.8, 4) is 5.75 Å². The number of allylic oxidation sites excluding steroid dienone is 1. The highest BCUT2D eigenvalue weighted by Crippen LogP contribution is 2.38. The van der Waals surface area contributed by atoms with Crippen LogP contribution < -0.4 is 15.4 Å². The molecule has 0 bridgehead atoms. The number of carbonyl (C=O) groups is 1. The first-order valence-corrected chi connectivity index (χ1v) is 12.2. The Bertz CT molecular complexity index is 1440. The number of rotatable bonds is 7. The molecule has 1 atom stereocenters. The highest BCUT2D eigenvalue weighted by Gasteiger charge is 2.34. The fourth-order valence-corrected chi connectivity index (χ4v) is 4.81. The van der Waals surface area contributed by atoms with Gasteiger partial charge in [-0.3, -0.25) is 9.78 Å². The van der Waals surface area contributed by atoms with E-state index in [2.05, 4.69) is 20.6 Å². The maximum absolute atomic E-state index is 14.1. The van der Waals surface area contributed by atoms with Crippen LogP contribution in [0.25, 0.3) is 0 Å². The maximum Gasteiger partial charge on any atom is 0.255 e. The summed E-state index contributed by atoms with van der Waals surface area (Å²) < 4.78 is 21.2. The Morgan fingerprint density at radius 3 is 2.83 bits per heavy atom. The average molecular weight is 503 g/mol. The number of fused-ring (bicyclic) bond motifs is 1. The molecule has 36 heavy (non-hydrogen) atoms. The van der Waals surface area contributed by atoms with Crippen LogP contribution in [-0.2, 0) is 10.5 Å². The zero-order valence-electron chi connectivity index (χ0n) is 19.6. The summed E-state index contributed by atoms with van der Waals surface area (Å²) in [5, 5.41) is 11.3. The molecule has 182 valence electrons. The Balaban J connectivity index is 1.51. The lowest BCUT2D eigenvalue weighted by Gasteiger charge is -2.28. The second-order valence-corrected chi connectivity index (χ2v) is 9.02. The molecule has 1 aliphatic heterocycles. The van der Waals surface area contributed by atoms with E-state index in [-0.39, 0.29) is 11.7 Å². The van der Waals surface area contributed by atoms with E-state index in [1.54, 1.807) is 54.5 Å². The Morgan fingerprint density at radius 2 is 2.06 bits per heavy atom. The van der Waals surface area contributed by atoms with Crippen LogP contribution >= 0.6 is 11.8 Å². The molecule has 0 saturated heterocycles. The van der Waals surface area contributed by atoms with E-state index in [1.165, 1.54) is 17.8 Å². The first kappa shape index (κ1) is 23.6. The summed E-state index contributed by atoms with van der Waals surface area (Å²) >= 11 is 1.32. The first-order chi connectivity index (χ1) is 17.5. The van der Waals surface area contributed by atoms with Crippen LogP contribution in [-0.4, -0.2) is 32.8 Å². The highest BCUT2D eigenvalue weighted by molar-refractivity contribution is 7.98. The number of hydrogen-bond acceptors (Lipinski definition) is 7. The molecule has 1 unspecified atom stereocenters. The number of methoxy groups -OCH3 is 1. The van der Waals surface area contributed by atoms with Gasteiger partial charge in [-0.25, -0.2) is 9.07 Å². The number of halogens is 1. The Kier molecular flexibility index (Phi) is 6.68. The van der Waals surface area contributed by atoms with Crippen molar-refractivity contribution in [3.05, 3.63) is 101 Å². The summed E-state index contributed by atoms with van der Waals surface area (Å²) in [4.78, 5) is 22.2. The number of pyridine rings is 1. The normalized spacial score (nSPS) is 14.7. The summed E-state index contributed by atoms with van der Waals surface area (Å²) in [6.45, 7) is 1.83. The fourth-order valence-electron chi connectivity index (χ4n) is 4.00. The van der Waals surface area contributed by atoms with Crippen molar-refractivity contribution in [2.45, 2.75) is 23.9 Å². The molecule has 2 aromatic heterocycles. The van der Waals surface area contributed by atoms with E-state index in [1.807, 2.05) is 31.2 Å². The predicted molar refractivity (Wildman–Crippen MR) is 136 cm³/mol. The van der Waals surface area contributed by atoms with Gasteiger partial charge in [0.05, 0.1) is 24.6 Å². The van der Waals surface area contributed by atoms with Gasteiger partial charge in [-0.05, 0) is 48.4 Å². The van der Waals surface area contributed by atoms with Crippen molar-refractivity contribution in [1.82, 2.24) is 19.7 Å². The van der Waals surface area contributed by atoms with Gasteiger partial charge in [0.1, 0.15) is 17.6 Å². The summed E-state index contributed by atoms with van der Waals surface area (Å²) in [6, 6.07) is 17.1. The smallest absolute Gasteiger partial charge is 0.255 e. The SMILES string of the molecule is COc1cccc(C2C(C(=O)Nc3cccnc3)=C(C)Nc3nc(SCc4ccccc4F)nn32)c1. The number of hydrogen-bond donors (Lipinski definition) is 2. The van der Waals surface area contributed by atoms with Gasteiger partial charge < -0.3 is 15.4 Å². The van der Waals surface area contributed by atoms with Gasteiger partial charge in [-0.15, -0.1) is 5.10 Å². The molecule has 0 aliphatic carbocycles. The monoisotopic (exact) mass is 502 g/mol. The number of thioether (sulfide) groups is 1. The summed E-state index contributed by atoms with van der Waals surface area (Å²) in [5.41, 5.74) is 3.09. The van der Waals surface area contributed by atoms with Crippen LogP contribution in [0, 0.1) is 5.82 Å². The van der Waals surface area contributed by atoms with Gasteiger partial charge in [0.2, 0.25) is 11.1 Å².